The van der Waals surface area contributed by atoms with E-state index in [1.807, 2.05) is 0 Å². The van der Waals surface area contributed by atoms with Gasteiger partial charge in [-0.25, -0.2) is 0 Å². The van der Waals surface area contributed by atoms with Crippen LogP contribution in [-0.4, -0.2) is 36.1 Å². The normalized spacial score (nSPS) is 27.4. The predicted molar refractivity (Wildman–Crippen MR) is 76.4 cm³/mol. The Kier molecular flexibility index (Phi) is 5.83. The van der Waals surface area contributed by atoms with Gasteiger partial charge in [-0.05, 0) is 51.0 Å². The van der Waals surface area contributed by atoms with E-state index in [-0.39, 0.29) is 11.8 Å². The minimum Gasteiger partial charge on any atom is -0.481 e. The first-order chi connectivity index (χ1) is 9.65. The third-order valence-electron chi connectivity index (χ3n) is 4.63. The molecule has 0 aromatic heterocycles. The van der Waals surface area contributed by atoms with Crippen LogP contribution in [0.4, 0.5) is 0 Å². The van der Waals surface area contributed by atoms with Gasteiger partial charge in [0.25, 0.3) is 0 Å². The lowest BCUT2D eigenvalue weighted by Crippen LogP contribution is -2.40. The molecule has 20 heavy (non-hydrogen) atoms. The maximum Gasteiger partial charge on any atom is 0.306 e. The Morgan fingerprint density at radius 1 is 1.00 bits per heavy atom. The van der Waals surface area contributed by atoms with Crippen LogP contribution in [0.3, 0.4) is 0 Å². The predicted octanol–water partition coefficient (Wildman–Crippen LogP) is 1.53. The summed E-state index contributed by atoms with van der Waals surface area (Å²) in [6.07, 6.45) is 8.14. The molecule has 5 heteroatoms. The second-order valence-electron chi connectivity index (χ2n) is 6.24. The zero-order chi connectivity index (χ0) is 14.4. The highest BCUT2D eigenvalue weighted by Crippen LogP contribution is 2.28. The molecular weight excluding hydrogens is 256 g/mol. The van der Waals surface area contributed by atoms with Crippen molar-refractivity contribution in [3.63, 3.8) is 0 Å². The molecular formula is C15H26N2O3. The fourth-order valence-electron chi connectivity index (χ4n) is 3.35. The van der Waals surface area contributed by atoms with Crippen molar-refractivity contribution in [3.05, 3.63) is 0 Å². The third kappa shape index (κ3) is 4.78. The monoisotopic (exact) mass is 282 g/mol. The number of nitrogens with one attached hydrogen (secondary N) is 2. The summed E-state index contributed by atoms with van der Waals surface area (Å²) < 4.78 is 0. The molecule has 3 N–H and O–H groups in total. The van der Waals surface area contributed by atoms with Crippen molar-refractivity contribution in [2.75, 3.05) is 13.1 Å². The Morgan fingerprint density at radius 2 is 1.65 bits per heavy atom. The molecule has 2 fully saturated rings. The molecule has 0 atom stereocenters. The van der Waals surface area contributed by atoms with Gasteiger partial charge in [-0.2, -0.15) is 0 Å². The average molecular weight is 282 g/mol. The first-order valence-corrected chi connectivity index (χ1v) is 7.88. The minimum absolute atomic E-state index is 0.0936. The van der Waals surface area contributed by atoms with Crippen LogP contribution in [0.25, 0.3) is 0 Å². The van der Waals surface area contributed by atoms with E-state index in [9.17, 15) is 9.59 Å². The number of hydrogen-bond donors (Lipinski definition) is 3. The van der Waals surface area contributed by atoms with Gasteiger partial charge in [-0.1, -0.05) is 12.8 Å². The molecule has 114 valence electrons. The molecule has 1 amide bonds. The summed E-state index contributed by atoms with van der Waals surface area (Å²) in [5.41, 5.74) is 0. The van der Waals surface area contributed by atoms with Crippen molar-refractivity contribution in [2.45, 2.75) is 57.4 Å². The van der Waals surface area contributed by atoms with Gasteiger partial charge < -0.3 is 15.7 Å². The molecule has 0 spiro atoms. The number of carboxylic acid groups (broad SMARTS) is 1. The van der Waals surface area contributed by atoms with Crippen molar-refractivity contribution in [3.8, 4) is 0 Å². The average Bonchev–Trinajstić information content (AvgIpc) is 2.92. The summed E-state index contributed by atoms with van der Waals surface area (Å²) >= 11 is 0. The van der Waals surface area contributed by atoms with Gasteiger partial charge in [-0.15, -0.1) is 0 Å². The van der Waals surface area contributed by atoms with E-state index in [0.29, 0.717) is 18.5 Å². The Labute approximate surface area is 120 Å². The van der Waals surface area contributed by atoms with Gasteiger partial charge in [-0.3, -0.25) is 9.59 Å². The molecule has 0 aliphatic heterocycles. The number of hydrogen-bond acceptors (Lipinski definition) is 3. The van der Waals surface area contributed by atoms with Gasteiger partial charge in [0.2, 0.25) is 5.91 Å². The lowest BCUT2D eigenvalue weighted by atomic mass is 9.82. The van der Waals surface area contributed by atoms with E-state index < -0.39 is 5.97 Å². The van der Waals surface area contributed by atoms with E-state index in [0.717, 1.165) is 45.1 Å². The van der Waals surface area contributed by atoms with E-state index in [1.165, 1.54) is 12.8 Å². The third-order valence-corrected chi connectivity index (χ3v) is 4.63. The fraction of sp³-hybridized carbons (Fsp3) is 0.867. The molecule has 0 heterocycles. The topological polar surface area (TPSA) is 78.4 Å². The van der Waals surface area contributed by atoms with Crippen molar-refractivity contribution in [1.29, 1.82) is 0 Å². The first kappa shape index (κ1) is 15.3. The Balaban J connectivity index is 1.54. The van der Waals surface area contributed by atoms with Crippen LogP contribution in [0.15, 0.2) is 0 Å². The highest BCUT2D eigenvalue weighted by Gasteiger charge is 2.25. The quantitative estimate of drug-likeness (QED) is 0.690. The number of rotatable bonds is 6. The van der Waals surface area contributed by atoms with Crippen molar-refractivity contribution >= 4 is 11.9 Å². The molecule has 2 aliphatic rings. The highest BCUT2D eigenvalue weighted by atomic mass is 16.4. The zero-order valence-corrected chi connectivity index (χ0v) is 12.1. The smallest absolute Gasteiger partial charge is 0.306 e. The molecule has 0 radical (unpaired) electrons. The number of carbonyl (C=O) groups excluding carboxylic acids is 1. The van der Waals surface area contributed by atoms with Gasteiger partial charge in [0.1, 0.15) is 0 Å². The van der Waals surface area contributed by atoms with E-state index >= 15 is 0 Å². The number of amides is 1. The molecule has 0 saturated heterocycles. The summed E-state index contributed by atoms with van der Waals surface area (Å²) in [5, 5.41) is 15.2. The fourth-order valence-corrected chi connectivity index (χ4v) is 3.35. The number of aliphatic carboxylic acids is 1. The second-order valence-corrected chi connectivity index (χ2v) is 6.24. The van der Waals surface area contributed by atoms with Crippen LogP contribution >= 0.6 is 0 Å². The maximum absolute atomic E-state index is 11.7. The molecule has 0 unspecified atom stereocenters. The van der Waals surface area contributed by atoms with Crippen molar-refractivity contribution in [1.82, 2.24) is 10.6 Å². The van der Waals surface area contributed by atoms with Crippen molar-refractivity contribution in [2.24, 2.45) is 11.8 Å². The first-order valence-electron chi connectivity index (χ1n) is 7.88. The van der Waals surface area contributed by atoms with Gasteiger partial charge >= 0.3 is 5.97 Å². The summed E-state index contributed by atoms with van der Waals surface area (Å²) in [5.74, 6) is -0.203. The molecule has 0 aromatic rings. The summed E-state index contributed by atoms with van der Waals surface area (Å²) in [6.45, 7) is 1.21. The van der Waals surface area contributed by atoms with Crippen LogP contribution in [-0.2, 0) is 9.59 Å². The lowest BCUT2D eigenvalue weighted by molar-refractivity contribution is -0.143. The molecule has 2 rings (SSSR count). The molecule has 2 saturated carbocycles. The van der Waals surface area contributed by atoms with Crippen LogP contribution in [0, 0.1) is 11.8 Å². The largest absolute Gasteiger partial charge is 0.481 e. The van der Waals surface area contributed by atoms with Crippen molar-refractivity contribution < 1.29 is 14.7 Å². The SMILES string of the molecule is O=C(CNCC1CCC(C(=O)O)CC1)NC1CCCC1. The van der Waals surface area contributed by atoms with Gasteiger partial charge in [0.15, 0.2) is 0 Å². The highest BCUT2D eigenvalue weighted by molar-refractivity contribution is 5.78. The number of carboxylic acids is 1. The molecule has 5 nitrogen and oxygen atoms in total. The number of carbonyl (C=O) groups is 2. The molecule has 2 aliphatic carbocycles. The Bertz CT molecular complexity index is 332. The zero-order valence-electron chi connectivity index (χ0n) is 12.1. The summed E-state index contributed by atoms with van der Waals surface area (Å²) in [4.78, 5) is 22.6. The van der Waals surface area contributed by atoms with Crippen LogP contribution < -0.4 is 10.6 Å². The van der Waals surface area contributed by atoms with Crippen LogP contribution in [0.1, 0.15) is 51.4 Å². The summed E-state index contributed by atoms with van der Waals surface area (Å²) in [7, 11) is 0. The second kappa shape index (κ2) is 7.62. The van der Waals surface area contributed by atoms with E-state index in [4.69, 9.17) is 5.11 Å². The van der Waals surface area contributed by atoms with Gasteiger partial charge in [0.05, 0.1) is 12.5 Å². The van der Waals surface area contributed by atoms with Gasteiger partial charge in [0, 0.05) is 6.04 Å². The van der Waals surface area contributed by atoms with Crippen LogP contribution in [0.5, 0.6) is 0 Å². The molecule has 0 bridgehead atoms. The molecule has 0 aromatic carbocycles. The summed E-state index contributed by atoms with van der Waals surface area (Å²) in [6, 6.07) is 0.385. The van der Waals surface area contributed by atoms with E-state index in [2.05, 4.69) is 10.6 Å². The minimum atomic E-state index is -0.660. The lowest BCUT2D eigenvalue weighted by Gasteiger charge is -2.26. The maximum atomic E-state index is 11.7. The van der Waals surface area contributed by atoms with E-state index in [1.54, 1.807) is 0 Å². The van der Waals surface area contributed by atoms with Crippen LogP contribution in [0.2, 0.25) is 0 Å². The Morgan fingerprint density at radius 3 is 2.25 bits per heavy atom. The Hall–Kier alpha value is -1.10. The standard InChI is InChI=1S/C15H26N2O3/c18-14(17-13-3-1-2-4-13)10-16-9-11-5-7-12(8-6-11)15(19)20/h11-13,16H,1-10H2,(H,17,18)(H,19,20).